The summed E-state index contributed by atoms with van der Waals surface area (Å²) in [4.78, 5) is 4.26. The topological polar surface area (TPSA) is 21.6 Å². The van der Waals surface area contributed by atoms with Crippen LogP contribution < -0.4 is 0 Å². The summed E-state index contributed by atoms with van der Waals surface area (Å²) in [5.41, 5.74) is 3.64. The molecule has 1 aliphatic heterocycles. The number of ether oxygens (including phenoxy) is 1. The van der Waals surface area contributed by atoms with Crippen LogP contribution in [0.5, 0.6) is 0 Å². The van der Waals surface area contributed by atoms with E-state index in [2.05, 4.69) is 23.2 Å². The average Bonchev–Trinajstić information content (AvgIpc) is 2.75. The molecule has 0 atom stereocenters. The van der Waals surface area contributed by atoms with E-state index in [1.807, 2.05) is 25.1 Å². The van der Waals surface area contributed by atoms with Gasteiger partial charge in [-0.1, -0.05) is 24.3 Å². The second kappa shape index (κ2) is 4.14. The first-order valence-electron chi connectivity index (χ1n) is 5.14. The summed E-state index contributed by atoms with van der Waals surface area (Å²) in [6.07, 6.45) is 4.08. The Morgan fingerprint density at radius 3 is 2.81 bits per heavy atom. The van der Waals surface area contributed by atoms with Gasteiger partial charge in [-0.3, -0.25) is 4.99 Å². The zero-order valence-corrected chi connectivity index (χ0v) is 9.75. The van der Waals surface area contributed by atoms with Gasteiger partial charge in [-0.15, -0.1) is 12.4 Å². The molecular formula is C13H12ClNO. The van der Waals surface area contributed by atoms with Crippen LogP contribution in [0.4, 0.5) is 0 Å². The molecule has 3 heteroatoms. The van der Waals surface area contributed by atoms with Gasteiger partial charge in [-0.25, -0.2) is 0 Å². The fourth-order valence-corrected chi connectivity index (χ4v) is 1.95. The third-order valence-electron chi connectivity index (χ3n) is 2.60. The molecule has 1 heterocycles. The summed E-state index contributed by atoms with van der Waals surface area (Å²) in [6.45, 7) is 2.76. The molecular weight excluding hydrogens is 222 g/mol. The number of benzene rings is 1. The van der Waals surface area contributed by atoms with Crippen LogP contribution in [0.25, 0.3) is 11.6 Å². The van der Waals surface area contributed by atoms with Gasteiger partial charge in [0, 0.05) is 18.2 Å². The van der Waals surface area contributed by atoms with E-state index in [0.717, 1.165) is 23.8 Å². The van der Waals surface area contributed by atoms with E-state index in [-0.39, 0.29) is 12.4 Å². The second-order valence-corrected chi connectivity index (χ2v) is 3.57. The van der Waals surface area contributed by atoms with Gasteiger partial charge in [-0.05, 0) is 24.1 Å². The fourth-order valence-electron chi connectivity index (χ4n) is 1.95. The number of nitrogens with zero attached hydrogens (tertiary/aromatic N) is 1. The van der Waals surface area contributed by atoms with Crippen molar-refractivity contribution in [2.24, 2.45) is 4.99 Å². The third-order valence-corrected chi connectivity index (χ3v) is 2.60. The maximum Gasteiger partial charge on any atom is 0.215 e. The second-order valence-electron chi connectivity index (χ2n) is 3.57. The molecule has 0 bridgehead atoms. The molecule has 1 aromatic carbocycles. The van der Waals surface area contributed by atoms with Gasteiger partial charge >= 0.3 is 0 Å². The van der Waals surface area contributed by atoms with Gasteiger partial charge in [0.05, 0.1) is 0 Å². The van der Waals surface area contributed by atoms with Gasteiger partial charge < -0.3 is 4.74 Å². The van der Waals surface area contributed by atoms with Crippen molar-refractivity contribution in [2.75, 3.05) is 6.54 Å². The Bertz CT molecular complexity index is 514. The Balaban J connectivity index is 0.000000963. The quantitative estimate of drug-likeness (QED) is 0.730. The molecule has 0 fully saturated rings. The predicted molar refractivity (Wildman–Crippen MR) is 68.7 cm³/mol. The van der Waals surface area contributed by atoms with Crippen molar-refractivity contribution < 1.29 is 4.74 Å². The Morgan fingerprint density at radius 1 is 1.19 bits per heavy atom. The van der Waals surface area contributed by atoms with Crippen molar-refractivity contribution in [3.8, 4) is 0 Å². The minimum absolute atomic E-state index is 0. The first-order chi connectivity index (χ1) is 7.38. The van der Waals surface area contributed by atoms with Crippen molar-refractivity contribution >= 4 is 30.0 Å². The Labute approximate surface area is 101 Å². The first kappa shape index (κ1) is 11.0. The van der Waals surface area contributed by atoms with Crippen LogP contribution in [0.3, 0.4) is 0 Å². The maximum atomic E-state index is 5.63. The van der Waals surface area contributed by atoms with Crippen LogP contribution in [0.15, 0.2) is 41.1 Å². The Hall–Kier alpha value is -1.54. The first-order valence-corrected chi connectivity index (χ1v) is 5.14. The summed E-state index contributed by atoms with van der Waals surface area (Å²) in [7, 11) is 0. The van der Waals surface area contributed by atoms with Gasteiger partial charge in [0.15, 0.2) is 0 Å². The SMILES string of the molecule is CCN=C1C=C2C(=Cc3ccccc32)O1.Cl. The highest BCUT2D eigenvalue weighted by molar-refractivity contribution is 6.09. The number of hydrogen-bond donors (Lipinski definition) is 0. The highest BCUT2D eigenvalue weighted by Gasteiger charge is 2.26. The van der Waals surface area contributed by atoms with Crippen LogP contribution in [0.2, 0.25) is 0 Å². The minimum atomic E-state index is 0. The lowest BCUT2D eigenvalue weighted by Gasteiger charge is -1.96. The van der Waals surface area contributed by atoms with E-state index in [0.29, 0.717) is 0 Å². The molecule has 1 aromatic rings. The smallest absolute Gasteiger partial charge is 0.215 e. The molecule has 0 unspecified atom stereocenters. The largest absolute Gasteiger partial charge is 0.439 e. The van der Waals surface area contributed by atoms with Crippen molar-refractivity contribution in [2.45, 2.75) is 6.92 Å². The van der Waals surface area contributed by atoms with E-state index in [1.54, 1.807) is 0 Å². The van der Waals surface area contributed by atoms with Gasteiger partial charge in [0.2, 0.25) is 5.90 Å². The van der Waals surface area contributed by atoms with Gasteiger partial charge in [0.25, 0.3) is 0 Å². The van der Waals surface area contributed by atoms with E-state index in [9.17, 15) is 0 Å². The van der Waals surface area contributed by atoms with E-state index >= 15 is 0 Å². The van der Waals surface area contributed by atoms with E-state index in [4.69, 9.17) is 4.74 Å². The third kappa shape index (κ3) is 1.55. The molecule has 0 spiro atoms. The summed E-state index contributed by atoms with van der Waals surface area (Å²) < 4.78 is 5.63. The molecule has 3 rings (SSSR count). The standard InChI is InChI=1S/C13H11NO.ClH/c1-2-14-13-8-11-10-6-4-3-5-9(10)7-12(11)15-13;/h3-8H,2H2,1H3;1H. The predicted octanol–water partition coefficient (Wildman–Crippen LogP) is 3.29. The van der Waals surface area contributed by atoms with Crippen molar-refractivity contribution in [3.05, 3.63) is 47.2 Å². The lowest BCUT2D eigenvalue weighted by Crippen LogP contribution is -1.93. The molecule has 2 nitrogen and oxygen atoms in total. The molecule has 0 aromatic heterocycles. The monoisotopic (exact) mass is 233 g/mol. The van der Waals surface area contributed by atoms with E-state index in [1.165, 1.54) is 11.1 Å². The fraction of sp³-hybridized carbons (Fsp3) is 0.154. The number of fused-ring (bicyclic) bond motifs is 3. The molecule has 0 N–H and O–H groups in total. The lowest BCUT2D eigenvalue weighted by molar-refractivity contribution is 0.458. The molecule has 1 aliphatic carbocycles. The zero-order chi connectivity index (χ0) is 10.3. The zero-order valence-electron chi connectivity index (χ0n) is 8.93. The van der Waals surface area contributed by atoms with Gasteiger partial charge in [-0.2, -0.15) is 0 Å². The average molecular weight is 234 g/mol. The normalized spacial score (nSPS) is 18.2. The van der Waals surface area contributed by atoms with Crippen molar-refractivity contribution in [1.82, 2.24) is 0 Å². The highest BCUT2D eigenvalue weighted by Crippen LogP contribution is 2.39. The number of hydrogen-bond acceptors (Lipinski definition) is 2. The Kier molecular flexibility index (Phi) is 2.84. The number of aliphatic imine (C=N–C) groups is 1. The number of rotatable bonds is 1. The molecule has 16 heavy (non-hydrogen) atoms. The lowest BCUT2D eigenvalue weighted by atomic mass is 10.1. The van der Waals surface area contributed by atoms with Crippen LogP contribution >= 0.6 is 12.4 Å². The Morgan fingerprint density at radius 2 is 2.00 bits per heavy atom. The molecule has 0 amide bonds. The molecule has 82 valence electrons. The van der Waals surface area contributed by atoms with E-state index < -0.39 is 0 Å². The van der Waals surface area contributed by atoms with Crippen LogP contribution in [0, 0.1) is 0 Å². The van der Waals surface area contributed by atoms with Gasteiger partial charge in [0.1, 0.15) is 5.76 Å². The summed E-state index contributed by atoms with van der Waals surface area (Å²) in [5, 5.41) is 0. The van der Waals surface area contributed by atoms with Crippen LogP contribution in [-0.2, 0) is 4.74 Å². The summed E-state index contributed by atoms with van der Waals surface area (Å²) in [5.74, 6) is 1.66. The summed E-state index contributed by atoms with van der Waals surface area (Å²) >= 11 is 0. The molecule has 2 aliphatic rings. The van der Waals surface area contributed by atoms with Crippen LogP contribution in [-0.4, -0.2) is 12.4 Å². The molecule has 0 saturated heterocycles. The van der Waals surface area contributed by atoms with Crippen molar-refractivity contribution in [1.29, 1.82) is 0 Å². The number of halogens is 1. The molecule has 0 radical (unpaired) electrons. The molecule has 0 saturated carbocycles. The summed E-state index contributed by atoms with van der Waals surface area (Å²) in [6, 6.07) is 8.30. The minimum Gasteiger partial charge on any atom is -0.439 e. The highest BCUT2D eigenvalue weighted by atomic mass is 35.5. The van der Waals surface area contributed by atoms with Crippen LogP contribution in [0.1, 0.15) is 18.1 Å². The van der Waals surface area contributed by atoms with Crippen molar-refractivity contribution in [3.63, 3.8) is 0 Å². The number of allylic oxidation sites excluding steroid dienone is 1. The maximum absolute atomic E-state index is 5.63.